The first-order valence-corrected chi connectivity index (χ1v) is 44.4. The fourth-order valence-electron chi connectivity index (χ4n) is 15.1. The van der Waals surface area contributed by atoms with Crippen LogP contribution in [0, 0.1) is 214 Å². The number of rotatable bonds is 12. The van der Waals surface area contributed by atoms with Gasteiger partial charge < -0.3 is 9.97 Å². The fraction of sp³-hybridized carbons (Fsp3) is 0.303. The van der Waals surface area contributed by atoms with E-state index in [1.54, 1.807) is 0 Å². The molecule has 0 amide bonds. The van der Waals surface area contributed by atoms with Crippen molar-refractivity contribution in [2.75, 3.05) is 0 Å². The van der Waals surface area contributed by atoms with E-state index in [1.807, 2.05) is 18.2 Å². The first kappa shape index (κ1) is 115. The van der Waals surface area contributed by atoms with Gasteiger partial charge in [0.2, 0.25) is 0 Å². The van der Waals surface area contributed by atoms with Crippen LogP contribution in [0.3, 0.4) is 0 Å². The predicted molar refractivity (Wildman–Crippen MR) is 510 cm³/mol. The summed E-state index contributed by atoms with van der Waals surface area (Å²) in [5.41, 5.74) is 52.2. The van der Waals surface area contributed by atoms with Crippen molar-refractivity contribution in [2.45, 2.75) is 226 Å². The van der Waals surface area contributed by atoms with E-state index in [0.29, 0.717) is 0 Å². The van der Waals surface area contributed by atoms with Gasteiger partial charge in [0.1, 0.15) is 0 Å². The second kappa shape index (κ2) is 54.3. The molecular formula is C109H124Fe4N2O2P4Rh2-2. The van der Waals surface area contributed by atoms with Gasteiger partial charge in [0.15, 0.2) is 0 Å². The summed E-state index contributed by atoms with van der Waals surface area (Å²) in [6.07, 6.45) is 3.74. The van der Waals surface area contributed by atoms with Crippen LogP contribution < -0.4 is 9.97 Å². The van der Waals surface area contributed by atoms with Crippen LogP contribution in [-0.2, 0) is 142 Å². The number of nitrogens with zero attached hydrogens (tertiary/aromatic N) is 2. The molecule has 14 heteroatoms. The zero-order valence-corrected chi connectivity index (χ0v) is 88.9. The summed E-state index contributed by atoms with van der Waals surface area (Å²) >= 11 is 0. The average Bonchev–Trinajstić information content (AvgIpc) is 1.65. The summed E-state index contributed by atoms with van der Waals surface area (Å²) in [5, 5.41) is 11.7. The molecule has 0 unspecified atom stereocenters. The fourth-order valence-corrected chi connectivity index (χ4v) is 21.0. The van der Waals surface area contributed by atoms with Crippen molar-refractivity contribution < 1.29 is 117 Å². The van der Waals surface area contributed by atoms with E-state index in [-0.39, 0.29) is 107 Å². The van der Waals surface area contributed by atoms with Crippen molar-refractivity contribution >= 4 is 32.8 Å². The molecule has 0 aliphatic carbocycles. The maximum absolute atomic E-state index is 7.50. The molecule has 0 aliphatic heterocycles. The van der Waals surface area contributed by atoms with Gasteiger partial charge in [-0.1, -0.05) is 398 Å². The minimum Gasteiger partial charge on any atom is 0 e. The predicted octanol–water partition coefficient (Wildman–Crippen LogP) is 31.7. The Labute approximate surface area is 815 Å². The normalized spacial score (nSPS) is 10.3. The number of aromatic nitrogens is 2. The molecule has 2 radical (unpaired) electrons. The smallest absolute Gasteiger partial charge is 0 e. The number of benzene rings is 5. The third-order valence-corrected chi connectivity index (χ3v) is 32.0. The summed E-state index contributed by atoms with van der Waals surface area (Å²) in [7, 11) is 5.32. The molecule has 0 aliphatic rings. The second-order valence-electron chi connectivity index (χ2n) is 31.8. The second-order valence-corrected chi connectivity index (χ2v) is 36.7. The number of hydrogen-bond donors (Lipinski definition) is 0. The van der Waals surface area contributed by atoms with Gasteiger partial charge in [0.25, 0.3) is 0 Å². The summed E-state index contributed by atoms with van der Waals surface area (Å²) in [4.78, 5) is 10.1. The molecule has 654 valence electrons. The first-order chi connectivity index (χ1) is 55.6. The van der Waals surface area contributed by atoms with E-state index < -0.39 is 0 Å². The van der Waals surface area contributed by atoms with E-state index >= 15 is 0 Å². The Bertz CT molecular complexity index is 4800. The van der Waals surface area contributed by atoms with Crippen LogP contribution in [-0.4, -0.2) is 0 Å². The van der Waals surface area contributed by atoms with Gasteiger partial charge in [-0.25, -0.2) is 16.4 Å². The SMILES string of the molecule is Cc1c(-c2ccccc2)p[c-](Cc2ccc(Cc3p[c-](-c4ccccc4)c(C)c3C)[n-]2)c1C.Cc1c(-c2ccccc2)p[c-](Cc2ccc(Cc3p[c-](-c4ccccc4)c(C)c3C)[n-]2)c1C.Cc1c(C)c(C)[c-](C)c1C.Cc1c(C)c(C)[c-](C)c1C.Cc1c(C)c(C)[c-](C)c1C.Cc1c(C)c(C)[c-](C)c1C.Cc1ccccc1.[C-]#[O+].[C-]#[O+].[Fe+2].[Fe+2].[Fe+2].[Fe+2].[Rh].[Rh]. The third-order valence-electron chi connectivity index (χ3n) is 25.7. The van der Waals surface area contributed by atoms with Crippen LogP contribution in [0.1, 0.15) is 205 Å². The Hall–Kier alpha value is -6.02. The molecule has 15 rings (SSSR count). The van der Waals surface area contributed by atoms with Crippen LogP contribution in [0.15, 0.2) is 176 Å². The van der Waals surface area contributed by atoms with Crippen molar-refractivity contribution in [3.05, 3.63) is 395 Å². The Morgan fingerprint density at radius 1 is 0.252 bits per heavy atom. The molecule has 0 saturated carbocycles. The molecule has 15 aromatic rings. The van der Waals surface area contributed by atoms with Crippen LogP contribution in [0.25, 0.3) is 43.4 Å². The zero-order valence-electron chi connectivity index (χ0n) is 77.7. The minimum absolute atomic E-state index is 0. The third kappa shape index (κ3) is 29.0. The van der Waals surface area contributed by atoms with E-state index in [2.05, 4.69) is 372 Å². The van der Waals surface area contributed by atoms with Crippen molar-refractivity contribution in [1.29, 1.82) is 0 Å². The van der Waals surface area contributed by atoms with E-state index in [0.717, 1.165) is 25.7 Å². The largest absolute Gasteiger partial charge is 2.00 e. The van der Waals surface area contributed by atoms with Crippen LogP contribution in [0.2, 0.25) is 0 Å². The van der Waals surface area contributed by atoms with Gasteiger partial charge in [-0.15, -0.1) is 89.4 Å². The Morgan fingerprint density at radius 2 is 0.472 bits per heavy atom. The molecule has 9 aromatic carbocycles. The Morgan fingerprint density at radius 3 is 0.683 bits per heavy atom. The van der Waals surface area contributed by atoms with Crippen molar-refractivity contribution in [3.63, 3.8) is 0 Å². The van der Waals surface area contributed by atoms with Gasteiger partial charge in [0, 0.05) is 39.0 Å². The van der Waals surface area contributed by atoms with Gasteiger partial charge in [-0.3, -0.25) is 0 Å². The standard InChI is InChI=1S/2C30H28NP2.4C10H15.C7H8.2CO.4Fe.2Rh/c2*1-19-21(3)29(23-11-7-5-8-12-23)32-27(19)17-25-15-16-26(31-25)18-28-20(2)22(4)30(33-28)24-13-9-6-10-14-24;4*1-6-7(2)9(4)10(5)8(6)3;1-7-5-3-2-4-6-7;2*1-2;;;;;;/h2*5-16H,17-18H2,1-4H3;4*1-5H3;2-6H,1H3;;;;;;;;/q2*-3;4*-1;;;;4*+2;;. The van der Waals surface area contributed by atoms with Crippen molar-refractivity contribution in [3.8, 4) is 43.4 Å². The van der Waals surface area contributed by atoms with Crippen molar-refractivity contribution in [1.82, 2.24) is 9.97 Å². The molecule has 0 atom stereocenters. The monoisotopic (exact) mass is 2050 g/mol. The van der Waals surface area contributed by atoms with Crippen LogP contribution >= 0.6 is 32.8 Å². The molecular weight excluding hydrogens is 1920 g/mol. The van der Waals surface area contributed by atoms with E-state index in [9.17, 15) is 0 Å². The van der Waals surface area contributed by atoms with Crippen LogP contribution in [0.4, 0.5) is 0 Å². The molecule has 4 nitrogen and oxygen atoms in total. The van der Waals surface area contributed by atoms with Gasteiger partial charge in [-0.2, -0.15) is 173 Å². The summed E-state index contributed by atoms with van der Waals surface area (Å²) in [5.74, 6) is 0. The molecule has 0 saturated heterocycles. The number of aryl methyl sites for hydroxylation is 1. The number of hydrogen-bond acceptors (Lipinski definition) is 0. The van der Waals surface area contributed by atoms with Crippen molar-refractivity contribution in [2.24, 2.45) is 0 Å². The van der Waals surface area contributed by atoms with Crippen LogP contribution in [0.5, 0.6) is 0 Å². The van der Waals surface area contributed by atoms with E-state index in [1.165, 1.54) is 282 Å². The Balaban J connectivity index is 0.000000771. The molecule has 6 aromatic heterocycles. The maximum Gasteiger partial charge on any atom is 2.00 e. The molecule has 0 bridgehead atoms. The summed E-state index contributed by atoms with van der Waals surface area (Å²) in [6.45, 7) is 73.2. The zero-order chi connectivity index (χ0) is 86.6. The molecule has 123 heavy (non-hydrogen) atoms. The quantitative estimate of drug-likeness (QED) is 0.0695. The molecule has 0 fully saturated rings. The molecule has 6 heterocycles. The first-order valence-electron chi connectivity index (χ1n) is 40.8. The Kier molecular flexibility index (Phi) is 50.8. The molecule has 0 spiro atoms. The summed E-state index contributed by atoms with van der Waals surface area (Å²) in [6, 6.07) is 62.3. The topological polar surface area (TPSA) is 68.0 Å². The van der Waals surface area contributed by atoms with Gasteiger partial charge >= 0.3 is 90.9 Å². The van der Waals surface area contributed by atoms with E-state index in [4.69, 9.17) is 19.3 Å². The minimum atomic E-state index is 0. The molecule has 0 N–H and O–H groups in total. The maximum atomic E-state index is 7.50. The summed E-state index contributed by atoms with van der Waals surface area (Å²) < 4.78 is 15.0. The average molecular weight is 2050 g/mol. The van der Waals surface area contributed by atoms with Gasteiger partial charge in [-0.05, 0) is 6.92 Å². The van der Waals surface area contributed by atoms with Gasteiger partial charge in [0.05, 0.1) is 0 Å².